The summed E-state index contributed by atoms with van der Waals surface area (Å²) in [4.78, 5) is 14.5. The van der Waals surface area contributed by atoms with Crippen LogP contribution in [-0.2, 0) is 26.0 Å². The highest BCUT2D eigenvalue weighted by Gasteiger charge is 2.47. The zero-order valence-corrected chi connectivity index (χ0v) is 20.2. The Hall–Kier alpha value is -2.36. The number of ether oxygens (including phenoxy) is 1. The molecule has 0 saturated carbocycles. The van der Waals surface area contributed by atoms with Crippen molar-refractivity contribution in [1.82, 2.24) is 9.62 Å². The summed E-state index contributed by atoms with van der Waals surface area (Å²) < 4.78 is 63.3. The van der Waals surface area contributed by atoms with E-state index in [1.165, 1.54) is 11.8 Å². The quantitative estimate of drug-likeness (QED) is 0.643. The van der Waals surface area contributed by atoms with Gasteiger partial charge in [0.1, 0.15) is 18.1 Å². The number of carbonyl (C=O) groups is 1. The molecule has 0 aliphatic carbocycles. The molecule has 6 nitrogen and oxygen atoms in total. The number of aryl methyl sites for hydroxylation is 1. The summed E-state index contributed by atoms with van der Waals surface area (Å²) in [5.41, 5.74) is 2.40. The van der Waals surface area contributed by atoms with Gasteiger partial charge in [-0.15, -0.1) is 0 Å². The fraction of sp³-hybridized carbons (Fsp3) is 0.480. The van der Waals surface area contributed by atoms with Gasteiger partial charge in [0, 0.05) is 12.2 Å². The number of carbonyl (C=O) groups excluding carboxylic acids is 1. The van der Waals surface area contributed by atoms with E-state index in [4.69, 9.17) is 4.74 Å². The molecule has 184 valence electrons. The van der Waals surface area contributed by atoms with Gasteiger partial charge < -0.3 is 9.64 Å². The lowest BCUT2D eigenvalue weighted by molar-refractivity contribution is -0.142. The van der Waals surface area contributed by atoms with Gasteiger partial charge in [-0.3, -0.25) is 4.79 Å². The van der Waals surface area contributed by atoms with Crippen molar-refractivity contribution in [1.29, 1.82) is 0 Å². The summed E-state index contributed by atoms with van der Waals surface area (Å²) >= 11 is 0. The van der Waals surface area contributed by atoms with Crippen molar-refractivity contribution < 1.29 is 26.7 Å². The molecule has 34 heavy (non-hydrogen) atoms. The van der Waals surface area contributed by atoms with E-state index in [2.05, 4.69) is 4.72 Å². The monoisotopic (exact) mass is 492 g/mol. The van der Waals surface area contributed by atoms with Crippen LogP contribution in [-0.4, -0.2) is 62.5 Å². The van der Waals surface area contributed by atoms with E-state index in [9.17, 15) is 13.2 Å². The number of benzene rings is 2. The van der Waals surface area contributed by atoms with E-state index in [-0.39, 0.29) is 24.6 Å². The summed E-state index contributed by atoms with van der Waals surface area (Å²) in [5, 5.41) is 0. The Labute approximate surface area is 199 Å². The van der Waals surface area contributed by atoms with E-state index in [0.29, 0.717) is 29.7 Å². The molecule has 2 aliphatic heterocycles. The highest BCUT2D eigenvalue weighted by atomic mass is 32.2. The Morgan fingerprint density at radius 1 is 1.24 bits per heavy atom. The molecule has 0 unspecified atom stereocenters. The molecular weight excluding hydrogens is 462 g/mol. The van der Waals surface area contributed by atoms with Gasteiger partial charge >= 0.3 is 0 Å². The van der Waals surface area contributed by atoms with Gasteiger partial charge in [-0.25, -0.2) is 21.9 Å². The van der Waals surface area contributed by atoms with Crippen molar-refractivity contribution in [3.63, 3.8) is 0 Å². The fourth-order valence-corrected chi connectivity index (χ4v) is 5.65. The molecule has 1 amide bonds. The van der Waals surface area contributed by atoms with E-state index < -0.39 is 40.2 Å². The minimum Gasteiger partial charge on any atom is -0.368 e. The first-order valence-electron chi connectivity index (χ1n) is 11.6. The first-order valence-corrected chi connectivity index (χ1v) is 13.3. The summed E-state index contributed by atoms with van der Waals surface area (Å²) in [5.74, 6) is -1.06. The van der Waals surface area contributed by atoms with Crippen molar-refractivity contribution in [2.24, 2.45) is 0 Å². The highest BCUT2D eigenvalue weighted by molar-refractivity contribution is 7.89. The molecule has 2 fully saturated rings. The third-order valence-electron chi connectivity index (χ3n) is 6.60. The topological polar surface area (TPSA) is 75.7 Å². The Morgan fingerprint density at radius 2 is 2.00 bits per heavy atom. The van der Waals surface area contributed by atoms with Crippen LogP contribution in [0.3, 0.4) is 0 Å². The predicted octanol–water partition coefficient (Wildman–Crippen LogP) is 3.38. The molecule has 0 radical (unpaired) electrons. The molecular formula is C25H30F2N2O4S. The third-order valence-corrected chi connectivity index (χ3v) is 7.99. The lowest BCUT2D eigenvalue weighted by Crippen LogP contribution is -2.51. The van der Waals surface area contributed by atoms with Gasteiger partial charge in [-0.2, -0.15) is 0 Å². The van der Waals surface area contributed by atoms with Gasteiger partial charge in [0.2, 0.25) is 10.0 Å². The van der Waals surface area contributed by atoms with Crippen LogP contribution in [0, 0.1) is 12.7 Å². The minimum absolute atomic E-state index is 0.0265. The number of amides is 1. The average molecular weight is 493 g/mol. The zero-order chi connectivity index (χ0) is 24.5. The van der Waals surface area contributed by atoms with Crippen molar-refractivity contribution in [2.75, 3.05) is 18.9 Å². The number of rotatable bonds is 7. The zero-order valence-electron chi connectivity index (χ0n) is 19.3. The fourth-order valence-electron chi connectivity index (χ4n) is 4.76. The van der Waals surface area contributed by atoms with Gasteiger partial charge in [-0.05, 0) is 44.2 Å². The van der Waals surface area contributed by atoms with Crippen LogP contribution in [0.15, 0.2) is 42.5 Å². The molecule has 1 N–H and O–H groups in total. The van der Waals surface area contributed by atoms with Crippen LogP contribution in [0.2, 0.25) is 0 Å². The number of sulfonamides is 1. The number of nitrogens with one attached hydrogen (secondary N) is 1. The maximum absolute atomic E-state index is 15.6. The minimum atomic E-state index is -3.75. The Balaban J connectivity index is 1.69. The Kier molecular flexibility index (Phi) is 7.35. The largest absolute Gasteiger partial charge is 0.368 e. The van der Waals surface area contributed by atoms with Crippen molar-refractivity contribution in [3.8, 4) is 11.1 Å². The second kappa shape index (κ2) is 10.1. The highest BCUT2D eigenvalue weighted by Crippen LogP contribution is 2.31. The summed E-state index contributed by atoms with van der Waals surface area (Å²) in [6.07, 6.45) is -1.06. The molecule has 0 aromatic heterocycles. The normalized spacial score (nSPS) is 25.1. The number of hydrogen-bond acceptors (Lipinski definition) is 4. The van der Waals surface area contributed by atoms with Gasteiger partial charge in [0.15, 0.2) is 0 Å². The van der Waals surface area contributed by atoms with Crippen LogP contribution in [0.1, 0.15) is 30.9 Å². The molecule has 4 rings (SSSR count). The Morgan fingerprint density at radius 3 is 2.68 bits per heavy atom. The Bertz CT molecular complexity index is 1150. The standard InChI is InChI=1S/C25H30F2N2O4S/c1-3-34(31,32)28-24-20(26)15-29(25(30)22-11-6-12-33-22)21(24)14-18-9-5-10-19(23(18)27)17-8-4-7-16(2)13-17/h4-5,7-10,13,20-22,24,28H,3,6,11-12,14-15H2,1-2H3/t20-,21-,22-,24+/m1/s1. The van der Waals surface area contributed by atoms with Crippen molar-refractivity contribution >= 4 is 15.9 Å². The first-order chi connectivity index (χ1) is 16.2. The van der Waals surface area contributed by atoms with Crippen LogP contribution < -0.4 is 4.72 Å². The van der Waals surface area contributed by atoms with E-state index in [1.54, 1.807) is 18.2 Å². The molecule has 2 aromatic rings. The van der Waals surface area contributed by atoms with E-state index in [1.807, 2.05) is 31.2 Å². The van der Waals surface area contributed by atoms with E-state index in [0.717, 1.165) is 12.0 Å². The molecule has 2 saturated heterocycles. The number of hydrogen-bond donors (Lipinski definition) is 1. The van der Waals surface area contributed by atoms with Gasteiger partial charge in [0.05, 0.1) is 24.4 Å². The predicted molar refractivity (Wildman–Crippen MR) is 126 cm³/mol. The smallest absolute Gasteiger partial charge is 0.252 e. The molecule has 9 heteroatoms. The SMILES string of the molecule is CCS(=O)(=O)N[C@H]1[C@H](F)CN(C(=O)[C@H]2CCCO2)[C@@H]1Cc1cccc(-c2cccc(C)c2)c1F. The molecule has 0 spiro atoms. The maximum Gasteiger partial charge on any atom is 0.252 e. The van der Waals surface area contributed by atoms with Crippen LogP contribution in [0.5, 0.6) is 0 Å². The molecule has 0 bridgehead atoms. The van der Waals surface area contributed by atoms with Crippen LogP contribution in [0.4, 0.5) is 8.78 Å². The number of likely N-dealkylation sites (tertiary alicyclic amines) is 1. The first kappa shape index (κ1) is 24.8. The van der Waals surface area contributed by atoms with Gasteiger partial charge in [0.25, 0.3) is 5.91 Å². The summed E-state index contributed by atoms with van der Waals surface area (Å²) in [6.45, 7) is 3.57. The van der Waals surface area contributed by atoms with Crippen LogP contribution in [0.25, 0.3) is 11.1 Å². The average Bonchev–Trinajstić information content (AvgIpc) is 3.44. The second-order valence-corrected chi connectivity index (χ2v) is 11.0. The maximum atomic E-state index is 15.6. The van der Waals surface area contributed by atoms with Crippen molar-refractivity contribution in [3.05, 3.63) is 59.4 Å². The summed E-state index contributed by atoms with van der Waals surface area (Å²) in [6, 6.07) is 10.4. The third kappa shape index (κ3) is 5.16. The van der Waals surface area contributed by atoms with Crippen molar-refractivity contribution in [2.45, 2.75) is 57.5 Å². The number of halogens is 2. The lowest BCUT2D eigenvalue weighted by Gasteiger charge is -2.30. The second-order valence-electron chi connectivity index (χ2n) is 8.97. The molecule has 2 heterocycles. The number of nitrogens with zero attached hydrogens (tertiary/aromatic N) is 1. The summed E-state index contributed by atoms with van der Waals surface area (Å²) in [7, 11) is -3.75. The molecule has 4 atom stereocenters. The molecule has 2 aliphatic rings. The van der Waals surface area contributed by atoms with Crippen LogP contribution >= 0.6 is 0 Å². The van der Waals surface area contributed by atoms with Gasteiger partial charge in [-0.1, -0.05) is 48.0 Å². The molecule has 2 aromatic carbocycles. The van der Waals surface area contributed by atoms with E-state index >= 15 is 8.78 Å². The number of alkyl halides is 1. The lowest BCUT2D eigenvalue weighted by atomic mass is 9.95.